The molecule has 1 aliphatic heterocycles. The number of ether oxygens (including phenoxy) is 1. The third-order valence-corrected chi connectivity index (χ3v) is 5.71. The molecule has 2 aromatic heterocycles. The van der Waals surface area contributed by atoms with E-state index < -0.39 is 0 Å². The lowest BCUT2D eigenvalue weighted by Crippen LogP contribution is -2.42. The van der Waals surface area contributed by atoms with Gasteiger partial charge in [0.15, 0.2) is 17.1 Å². The van der Waals surface area contributed by atoms with Gasteiger partial charge in [0.05, 0.1) is 30.4 Å². The van der Waals surface area contributed by atoms with Crippen molar-refractivity contribution in [1.82, 2.24) is 14.5 Å². The lowest BCUT2D eigenvalue weighted by atomic mass is 10.0. The van der Waals surface area contributed by atoms with E-state index in [1.54, 1.807) is 41.1 Å². The fourth-order valence-electron chi connectivity index (χ4n) is 4.17. The van der Waals surface area contributed by atoms with Crippen LogP contribution < -0.4 is 10.3 Å². The smallest absolute Gasteiger partial charge is 0.289 e. The highest BCUT2D eigenvalue weighted by molar-refractivity contribution is 5.97. The molecule has 0 spiro atoms. The standard InChI is InChI=1S/C23H21N3O4/c1-29-19-10-4-6-15-12-20(30-21(15)19)23(28)25-11-5-7-16(13-25)26-14-24-18-9-3-2-8-17(18)22(26)27/h2-4,6,8-10,12,14,16H,5,7,11,13H2,1H3/t16-/m0/s1. The predicted molar refractivity (Wildman–Crippen MR) is 113 cm³/mol. The summed E-state index contributed by atoms with van der Waals surface area (Å²) in [5.74, 6) is 0.691. The van der Waals surface area contributed by atoms with Crippen molar-refractivity contribution >= 4 is 27.8 Å². The molecule has 0 N–H and O–H groups in total. The van der Waals surface area contributed by atoms with Crippen LogP contribution in [0.15, 0.2) is 64.1 Å². The molecule has 30 heavy (non-hydrogen) atoms. The SMILES string of the molecule is COc1cccc2cc(C(=O)N3CCC[C@H](n4cnc5ccccc5c4=O)C3)oc12. The first-order chi connectivity index (χ1) is 14.7. The number of furan rings is 1. The van der Waals surface area contributed by atoms with Crippen molar-refractivity contribution < 1.29 is 13.9 Å². The molecular formula is C23H21N3O4. The molecule has 7 nitrogen and oxygen atoms in total. The van der Waals surface area contributed by atoms with Crippen molar-refractivity contribution in [3.8, 4) is 5.75 Å². The number of carbonyl (C=O) groups is 1. The zero-order valence-electron chi connectivity index (χ0n) is 16.6. The summed E-state index contributed by atoms with van der Waals surface area (Å²) in [4.78, 5) is 32.3. The first kappa shape index (κ1) is 18.4. The maximum absolute atomic E-state index is 13.1. The molecule has 2 aromatic carbocycles. The lowest BCUT2D eigenvalue weighted by molar-refractivity contribution is 0.0647. The Bertz CT molecular complexity index is 1310. The van der Waals surface area contributed by atoms with Crippen molar-refractivity contribution in [2.45, 2.75) is 18.9 Å². The summed E-state index contributed by atoms with van der Waals surface area (Å²) >= 11 is 0. The van der Waals surface area contributed by atoms with Gasteiger partial charge in [-0.15, -0.1) is 0 Å². The molecule has 1 atom stereocenters. The highest BCUT2D eigenvalue weighted by Crippen LogP contribution is 2.30. The van der Waals surface area contributed by atoms with Crippen LogP contribution in [0.5, 0.6) is 5.75 Å². The Hall–Kier alpha value is -3.61. The fourth-order valence-corrected chi connectivity index (χ4v) is 4.17. The molecular weight excluding hydrogens is 382 g/mol. The van der Waals surface area contributed by atoms with Crippen LogP contribution in [0.2, 0.25) is 0 Å². The van der Waals surface area contributed by atoms with Crippen LogP contribution in [0.3, 0.4) is 0 Å². The Labute approximate surface area is 172 Å². The van der Waals surface area contributed by atoms with Gasteiger partial charge in [-0.05, 0) is 37.1 Å². The van der Waals surface area contributed by atoms with Gasteiger partial charge >= 0.3 is 0 Å². The Kier molecular flexibility index (Phi) is 4.50. The van der Waals surface area contributed by atoms with Crippen LogP contribution in [0.4, 0.5) is 0 Å². The van der Waals surface area contributed by atoms with Crippen LogP contribution >= 0.6 is 0 Å². The van der Waals surface area contributed by atoms with Crippen molar-refractivity contribution in [3.05, 3.63) is 71.0 Å². The summed E-state index contributed by atoms with van der Waals surface area (Å²) in [6, 6.07) is 14.5. The number of aromatic nitrogens is 2. The minimum Gasteiger partial charge on any atom is -0.493 e. The van der Waals surface area contributed by atoms with E-state index in [2.05, 4.69) is 4.98 Å². The Morgan fingerprint density at radius 3 is 2.93 bits per heavy atom. The van der Waals surface area contributed by atoms with Gasteiger partial charge < -0.3 is 14.1 Å². The van der Waals surface area contributed by atoms with E-state index in [0.717, 1.165) is 18.2 Å². The van der Waals surface area contributed by atoms with E-state index in [9.17, 15) is 9.59 Å². The molecule has 5 rings (SSSR count). The maximum atomic E-state index is 13.1. The number of methoxy groups -OCH3 is 1. The lowest BCUT2D eigenvalue weighted by Gasteiger charge is -2.33. The van der Waals surface area contributed by atoms with Crippen molar-refractivity contribution in [3.63, 3.8) is 0 Å². The Morgan fingerprint density at radius 1 is 1.20 bits per heavy atom. The normalized spacial score (nSPS) is 16.8. The van der Waals surface area contributed by atoms with Gasteiger partial charge in [-0.1, -0.05) is 24.3 Å². The van der Waals surface area contributed by atoms with Crippen LogP contribution in [0.1, 0.15) is 29.4 Å². The number of fused-ring (bicyclic) bond motifs is 2. The predicted octanol–water partition coefficient (Wildman–Crippen LogP) is 3.63. The second-order valence-corrected chi connectivity index (χ2v) is 7.51. The molecule has 0 bridgehead atoms. The van der Waals surface area contributed by atoms with Crippen LogP contribution in [-0.2, 0) is 0 Å². The zero-order chi connectivity index (χ0) is 20.7. The number of hydrogen-bond acceptors (Lipinski definition) is 5. The highest BCUT2D eigenvalue weighted by atomic mass is 16.5. The maximum Gasteiger partial charge on any atom is 0.289 e. The number of para-hydroxylation sites is 2. The van der Waals surface area contributed by atoms with E-state index in [4.69, 9.17) is 9.15 Å². The van der Waals surface area contributed by atoms with Gasteiger partial charge in [-0.2, -0.15) is 0 Å². The molecule has 4 aromatic rings. The van der Waals surface area contributed by atoms with Crippen molar-refractivity contribution in [2.24, 2.45) is 0 Å². The summed E-state index contributed by atoms with van der Waals surface area (Å²) in [6.45, 7) is 1.06. The van der Waals surface area contributed by atoms with Crippen molar-refractivity contribution in [2.75, 3.05) is 20.2 Å². The molecule has 0 saturated carbocycles. The topological polar surface area (TPSA) is 77.6 Å². The summed E-state index contributed by atoms with van der Waals surface area (Å²) in [5.41, 5.74) is 1.17. The Balaban J connectivity index is 1.44. The van der Waals surface area contributed by atoms with E-state index in [1.165, 1.54) is 0 Å². The quantitative estimate of drug-likeness (QED) is 0.522. The first-order valence-electron chi connectivity index (χ1n) is 9.97. The second kappa shape index (κ2) is 7.33. The average molecular weight is 403 g/mol. The van der Waals surface area contributed by atoms with E-state index >= 15 is 0 Å². The molecule has 7 heteroatoms. The van der Waals surface area contributed by atoms with Crippen LogP contribution in [0.25, 0.3) is 21.9 Å². The molecule has 1 amide bonds. The van der Waals surface area contributed by atoms with Crippen LogP contribution in [-0.4, -0.2) is 40.6 Å². The molecule has 0 unspecified atom stereocenters. The summed E-state index contributed by atoms with van der Waals surface area (Å²) in [5, 5.41) is 1.41. The number of benzene rings is 2. The summed E-state index contributed by atoms with van der Waals surface area (Å²) in [6.07, 6.45) is 3.21. The highest BCUT2D eigenvalue weighted by Gasteiger charge is 2.28. The molecule has 0 radical (unpaired) electrons. The van der Waals surface area contributed by atoms with Crippen LogP contribution in [0, 0.1) is 0 Å². The number of carbonyl (C=O) groups excluding carboxylic acids is 1. The van der Waals surface area contributed by atoms with E-state index in [1.807, 2.05) is 30.3 Å². The van der Waals surface area contributed by atoms with Gasteiger partial charge in [-0.25, -0.2) is 4.98 Å². The van der Waals surface area contributed by atoms with Gasteiger partial charge in [-0.3, -0.25) is 14.2 Å². The first-order valence-corrected chi connectivity index (χ1v) is 9.97. The molecule has 1 saturated heterocycles. The minimum absolute atomic E-state index is 0.0756. The summed E-state index contributed by atoms with van der Waals surface area (Å²) < 4.78 is 12.8. The number of likely N-dealkylation sites (tertiary alicyclic amines) is 1. The third-order valence-electron chi connectivity index (χ3n) is 5.71. The zero-order valence-corrected chi connectivity index (χ0v) is 16.6. The minimum atomic E-state index is -0.181. The fraction of sp³-hybridized carbons (Fsp3) is 0.261. The molecule has 152 valence electrons. The number of nitrogens with zero attached hydrogens (tertiary/aromatic N) is 3. The molecule has 1 aliphatic rings. The van der Waals surface area contributed by atoms with Crippen molar-refractivity contribution in [1.29, 1.82) is 0 Å². The number of amides is 1. The Morgan fingerprint density at radius 2 is 2.07 bits per heavy atom. The largest absolute Gasteiger partial charge is 0.493 e. The van der Waals surface area contributed by atoms with Gasteiger partial charge in [0.2, 0.25) is 0 Å². The van der Waals surface area contributed by atoms with E-state index in [-0.39, 0.29) is 23.3 Å². The van der Waals surface area contributed by atoms with Gasteiger partial charge in [0, 0.05) is 18.5 Å². The molecule has 1 fully saturated rings. The molecule has 3 heterocycles. The summed E-state index contributed by atoms with van der Waals surface area (Å²) in [7, 11) is 1.57. The van der Waals surface area contributed by atoms with Gasteiger partial charge in [0.1, 0.15) is 0 Å². The monoisotopic (exact) mass is 403 g/mol. The van der Waals surface area contributed by atoms with E-state index in [0.29, 0.717) is 35.3 Å². The number of hydrogen-bond donors (Lipinski definition) is 0. The molecule has 0 aliphatic carbocycles. The second-order valence-electron chi connectivity index (χ2n) is 7.51. The van der Waals surface area contributed by atoms with Gasteiger partial charge in [0.25, 0.3) is 11.5 Å². The third kappa shape index (κ3) is 3.03. The average Bonchev–Trinajstić information content (AvgIpc) is 3.23. The number of piperidine rings is 1. The number of rotatable bonds is 3.